The zero-order valence-corrected chi connectivity index (χ0v) is 24.0. The standard InChI is InChI=1S/C31H40N6O3/c1-21-18-33-27(35-26(21)10-9-23-7-5-6-8-25(23)31(13-14-31)28(32)38)17-22-19-34-37(20-22)24-11-15-36(16-12-24)29(39)40-30(2,3)4/h5-8,18-20,24H,9-17H2,1-4H3,(H2,32,38). The number of aryl methyl sites for hydroxylation is 3. The van der Waals surface area contributed by atoms with Crippen LogP contribution in [0, 0.1) is 6.92 Å². The van der Waals surface area contributed by atoms with Crippen molar-refractivity contribution >= 4 is 12.0 Å². The van der Waals surface area contributed by atoms with Gasteiger partial charge in [0.15, 0.2) is 0 Å². The number of rotatable bonds is 8. The Balaban J connectivity index is 1.20. The van der Waals surface area contributed by atoms with Crippen molar-refractivity contribution in [1.82, 2.24) is 24.6 Å². The molecule has 0 spiro atoms. The minimum absolute atomic E-state index is 0.227. The van der Waals surface area contributed by atoms with E-state index in [-0.39, 0.29) is 18.0 Å². The third-order valence-electron chi connectivity index (χ3n) is 8.02. The number of amides is 2. The Bertz CT molecular complexity index is 1380. The molecule has 1 saturated carbocycles. The fourth-order valence-corrected chi connectivity index (χ4v) is 5.58. The van der Waals surface area contributed by atoms with Gasteiger partial charge in [-0.3, -0.25) is 9.48 Å². The van der Waals surface area contributed by atoms with E-state index in [0.717, 1.165) is 72.3 Å². The van der Waals surface area contributed by atoms with Gasteiger partial charge in [0.1, 0.15) is 11.4 Å². The number of hydrogen-bond donors (Lipinski definition) is 1. The van der Waals surface area contributed by atoms with Crippen LogP contribution in [0.2, 0.25) is 0 Å². The van der Waals surface area contributed by atoms with Crippen LogP contribution < -0.4 is 5.73 Å². The topological polar surface area (TPSA) is 116 Å². The van der Waals surface area contributed by atoms with Crippen molar-refractivity contribution in [2.24, 2.45) is 5.73 Å². The van der Waals surface area contributed by atoms with E-state index in [4.69, 9.17) is 15.5 Å². The molecule has 2 amide bonds. The second-order valence-corrected chi connectivity index (χ2v) is 12.2. The zero-order valence-electron chi connectivity index (χ0n) is 24.0. The van der Waals surface area contributed by atoms with Crippen LogP contribution in [0.3, 0.4) is 0 Å². The summed E-state index contributed by atoms with van der Waals surface area (Å²) in [5.74, 6) is 0.540. The third kappa shape index (κ3) is 6.18. The quantitative estimate of drug-likeness (QED) is 0.448. The minimum Gasteiger partial charge on any atom is -0.444 e. The summed E-state index contributed by atoms with van der Waals surface area (Å²) in [5.41, 5.74) is 10.2. The highest BCUT2D eigenvalue weighted by atomic mass is 16.6. The van der Waals surface area contributed by atoms with Gasteiger partial charge in [-0.05, 0) is 88.5 Å². The Hall–Kier alpha value is -3.75. The molecular weight excluding hydrogens is 504 g/mol. The minimum atomic E-state index is -0.491. The van der Waals surface area contributed by atoms with Gasteiger partial charge < -0.3 is 15.4 Å². The van der Waals surface area contributed by atoms with E-state index in [2.05, 4.69) is 22.3 Å². The van der Waals surface area contributed by atoms with Gasteiger partial charge in [-0.2, -0.15) is 5.10 Å². The summed E-state index contributed by atoms with van der Waals surface area (Å²) in [6.07, 6.45) is 11.1. The van der Waals surface area contributed by atoms with E-state index < -0.39 is 11.0 Å². The second-order valence-electron chi connectivity index (χ2n) is 12.2. The molecule has 0 bridgehead atoms. The predicted molar refractivity (Wildman–Crippen MR) is 152 cm³/mol. The van der Waals surface area contributed by atoms with Crippen LogP contribution in [0.4, 0.5) is 4.79 Å². The van der Waals surface area contributed by atoms with Crippen LogP contribution in [0.25, 0.3) is 0 Å². The summed E-state index contributed by atoms with van der Waals surface area (Å²) in [5, 5.41) is 4.62. The Labute approximate surface area is 236 Å². The monoisotopic (exact) mass is 544 g/mol. The summed E-state index contributed by atoms with van der Waals surface area (Å²) >= 11 is 0. The maximum Gasteiger partial charge on any atom is 0.410 e. The molecule has 2 fully saturated rings. The highest BCUT2D eigenvalue weighted by Gasteiger charge is 2.50. The highest BCUT2D eigenvalue weighted by Crippen LogP contribution is 2.49. The molecule has 2 aliphatic rings. The summed E-state index contributed by atoms with van der Waals surface area (Å²) in [6.45, 7) is 9.01. The zero-order chi connectivity index (χ0) is 28.5. The SMILES string of the molecule is Cc1cnc(Cc2cnn(C3CCN(C(=O)OC(C)(C)C)CC3)c2)nc1CCc1ccccc1C1(C(N)=O)CC1. The third-order valence-corrected chi connectivity index (χ3v) is 8.02. The molecular formula is C31H40N6O3. The first-order chi connectivity index (χ1) is 19.0. The molecule has 2 N–H and O–H groups in total. The van der Waals surface area contributed by atoms with Crippen LogP contribution in [-0.2, 0) is 34.2 Å². The number of nitrogens with zero attached hydrogens (tertiary/aromatic N) is 5. The van der Waals surface area contributed by atoms with Crippen molar-refractivity contribution in [2.75, 3.05) is 13.1 Å². The highest BCUT2D eigenvalue weighted by molar-refractivity contribution is 5.90. The van der Waals surface area contributed by atoms with Gasteiger partial charge in [-0.25, -0.2) is 14.8 Å². The molecule has 3 aromatic rings. The van der Waals surface area contributed by atoms with Crippen molar-refractivity contribution in [3.8, 4) is 0 Å². The Morgan fingerprint density at radius 2 is 1.82 bits per heavy atom. The molecule has 2 aromatic heterocycles. The van der Waals surface area contributed by atoms with Crippen LogP contribution in [0.15, 0.2) is 42.9 Å². The number of carbonyl (C=O) groups excluding carboxylic acids is 2. The maximum absolute atomic E-state index is 12.4. The first-order valence-corrected chi connectivity index (χ1v) is 14.2. The molecule has 40 heavy (non-hydrogen) atoms. The van der Waals surface area contributed by atoms with Gasteiger partial charge in [-0.1, -0.05) is 24.3 Å². The summed E-state index contributed by atoms with van der Waals surface area (Å²) in [7, 11) is 0. The normalized spacial score (nSPS) is 17.1. The van der Waals surface area contributed by atoms with Crippen molar-refractivity contribution in [3.05, 3.63) is 76.6 Å². The van der Waals surface area contributed by atoms with Gasteiger partial charge in [0, 0.05) is 37.6 Å². The lowest BCUT2D eigenvalue weighted by Crippen LogP contribution is -2.42. The fraction of sp³-hybridized carbons (Fsp3) is 0.516. The second kappa shape index (κ2) is 11.0. The van der Waals surface area contributed by atoms with E-state index in [1.54, 1.807) is 4.90 Å². The average molecular weight is 545 g/mol. The van der Waals surface area contributed by atoms with E-state index in [1.807, 2.05) is 63.0 Å². The van der Waals surface area contributed by atoms with Gasteiger partial charge >= 0.3 is 6.09 Å². The Kier molecular flexibility index (Phi) is 7.66. The van der Waals surface area contributed by atoms with E-state index in [9.17, 15) is 9.59 Å². The average Bonchev–Trinajstić information content (AvgIpc) is 3.61. The summed E-state index contributed by atoms with van der Waals surface area (Å²) in [6, 6.07) is 8.40. The van der Waals surface area contributed by atoms with E-state index >= 15 is 0 Å². The van der Waals surface area contributed by atoms with Gasteiger partial charge in [0.25, 0.3) is 0 Å². The van der Waals surface area contributed by atoms with E-state index in [0.29, 0.717) is 19.5 Å². The van der Waals surface area contributed by atoms with Gasteiger partial charge in [0.05, 0.1) is 17.7 Å². The first kappa shape index (κ1) is 27.8. The lowest BCUT2D eigenvalue weighted by molar-refractivity contribution is -0.120. The van der Waals surface area contributed by atoms with Crippen LogP contribution in [-0.4, -0.2) is 55.3 Å². The van der Waals surface area contributed by atoms with Crippen LogP contribution in [0.1, 0.15) is 86.3 Å². The van der Waals surface area contributed by atoms with E-state index in [1.165, 1.54) is 0 Å². The molecule has 1 aliphatic heterocycles. The van der Waals surface area contributed by atoms with Crippen LogP contribution in [0.5, 0.6) is 0 Å². The van der Waals surface area contributed by atoms with Crippen molar-refractivity contribution in [3.63, 3.8) is 0 Å². The molecule has 0 radical (unpaired) electrons. The number of carbonyl (C=O) groups is 2. The number of nitrogens with two attached hydrogens (primary N) is 1. The largest absolute Gasteiger partial charge is 0.444 e. The fourth-order valence-electron chi connectivity index (χ4n) is 5.58. The Morgan fingerprint density at radius 1 is 1.10 bits per heavy atom. The molecule has 1 aliphatic carbocycles. The first-order valence-electron chi connectivity index (χ1n) is 14.2. The number of benzene rings is 1. The number of primary amides is 1. The molecule has 9 heteroatoms. The maximum atomic E-state index is 12.4. The number of piperidine rings is 1. The molecule has 5 rings (SSSR count). The van der Waals surface area contributed by atoms with Crippen molar-refractivity contribution in [2.45, 2.75) is 89.7 Å². The Morgan fingerprint density at radius 3 is 2.50 bits per heavy atom. The molecule has 212 valence electrons. The predicted octanol–water partition coefficient (Wildman–Crippen LogP) is 4.45. The number of hydrogen-bond acceptors (Lipinski definition) is 6. The summed E-state index contributed by atoms with van der Waals surface area (Å²) in [4.78, 5) is 35.8. The number of likely N-dealkylation sites (tertiary alicyclic amines) is 1. The molecule has 0 atom stereocenters. The molecule has 1 aromatic carbocycles. The van der Waals surface area contributed by atoms with Crippen LogP contribution >= 0.6 is 0 Å². The molecule has 3 heterocycles. The summed E-state index contributed by atoms with van der Waals surface area (Å²) < 4.78 is 7.53. The lowest BCUT2D eigenvalue weighted by Gasteiger charge is -2.33. The molecule has 0 unspecified atom stereocenters. The molecule has 9 nitrogen and oxygen atoms in total. The van der Waals surface area contributed by atoms with Crippen molar-refractivity contribution < 1.29 is 14.3 Å². The van der Waals surface area contributed by atoms with Gasteiger partial charge in [0.2, 0.25) is 5.91 Å². The van der Waals surface area contributed by atoms with Gasteiger partial charge in [-0.15, -0.1) is 0 Å². The molecule has 1 saturated heterocycles. The smallest absolute Gasteiger partial charge is 0.410 e. The number of ether oxygens (including phenoxy) is 1. The van der Waals surface area contributed by atoms with Crippen molar-refractivity contribution in [1.29, 1.82) is 0 Å². The lowest BCUT2D eigenvalue weighted by atomic mass is 9.88. The number of aromatic nitrogens is 4.